The van der Waals surface area contributed by atoms with Crippen molar-refractivity contribution in [2.75, 3.05) is 6.54 Å². The molecule has 3 aromatic rings. The molecule has 2 heterocycles. The number of benzene rings is 1. The Morgan fingerprint density at radius 1 is 1.11 bits per heavy atom. The van der Waals surface area contributed by atoms with E-state index in [1.807, 2.05) is 18.2 Å². The van der Waals surface area contributed by atoms with Gasteiger partial charge in [-0.1, -0.05) is 12.1 Å². The lowest BCUT2D eigenvalue weighted by Crippen LogP contribution is -2.27. The molecule has 1 N–H and O–H groups in total. The number of sulfonamides is 1. The first-order chi connectivity index (χ1) is 12.7. The summed E-state index contributed by atoms with van der Waals surface area (Å²) in [6.45, 7) is 0.0357. The van der Waals surface area contributed by atoms with Crippen LogP contribution >= 0.6 is 11.3 Å². The predicted octanol–water partition coefficient (Wildman–Crippen LogP) is 4.43. The quantitative estimate of drug-likeness (QED) is 0.618. The molecule has 0 spiro atoms. The number of alkyl halides is 3. The van der Waals surface area contributed by atoms with Crippen LogP contribution in [0.2, 0.25) is 0 Å². The normalized spacial score (nSPS) is 12.3. The minimum atomic E-state index is -4.98. The molecule has 0 amide bonds. The van der Waals surface area contributed by atoms with Gasteiger partial charge in [-0.15, -0.1) is 24.5 Å². The van der Waals surface area contributed by atoms with Crippen molar-refractivity contribution in [3.05, 3.63) is 59.9 Å². The van der Waals surface area contributed by atoms with Crippen LogP contribution in [0.15, 0.2) is 64.3 Å². The fraction of sp³-hybridized carbons (Fsp3) is 0.176. The molecule has 0 bridgehead atoms. The number of para-hydroxylation sites is 1. The second-order valence-electron chi connectivity index (χ2n) is 5.42. The number of nitrogens with one attached hydrogen (secondary N) is 1. The Bertz CT molecular complexity index is 995. The zero-order valence-electron chi connectivity index (χ0n) is 13.7. The highest BCUT2D eigenvalue weighted by molar-refractivity contribution is 7.89. The Kier molecular flexibility index (Phi) is 5.59. The van der Waals surface area contributed by atoms with Gasteiger partial charge in [0, 0.05) is 21.9 Å². The highest BCUT2D eigenvalue weighted by atomic mass is 32.2. The summed E-state index contributed by atoms with van der Waals surface area (Å²) in [5.74, 6) is -0.768. The second-order valence-corrected chi connectivity index (χ2v) is 8.32. The van der Waals surface area contributed by atoms with Gasteiger partial charge in [0.1, 0.15) is 10.6 Å². The smallest absolute Gasteiger partial charge is 0.472 e. The molecule has 0 aliphatic heterocycles. The predicted molar refractivity (Wildman–Crippen MR) is 94.0 cm³/mol. The number of rotatable bonds is 7. The molecule has 10 heteroatoms. The number of halogens is 3. The van der Waals surface area contributed by atoms with Crippen molar-refractivity contribution in [3.63, 3.8) is 0 Å². The number of thiophene rings is 1. The molecule has 0 radical (unpaired) electrons. The van der Waals surface area contributed by atoms with E-state index in [2.05, 4.69) is 9.46 Å². The van der Waals surface area contributed by atoms with Gasteiger partial charge in [0.05, 0.1) is 12.5 Å². The molecule has 5 nitrogen and oxygen atoms in total. The van der Waals surface area contributed by atoms with Gasteiger partial charge in [0.15, 0.2) is 0 Å². The fourth-order valence-corrected chi connectivity index (χ4v) is 4.49. The van der Waals surface area contributed by atoms with Crippen LogP contribution in [-0.4, -0.2) is 21.3 Å². The lowest BCUT2D eigenvalue weighted by Gasteiger charge is -2.13. The lowest BCUT2D eigenvalue weighted by molar-refractivity contribution is -0.275. The van der Waals surface area contributed by atoms with Gasteiger partial charge in [-0.2, -0.15) is 0 Å². The van der Waals surface area contributed by atoms with Crippen LogP contribution in [0.4, 0.5) is 13.2 Å². The van der Waals surface area contributed by atoms with Crippen LogP contribution in [-0.2, 0) is 16.4 Å². The van der Waals surface area contributed by atoms with Crippen molar-refractivity contribution in [1.29, 1.82) is 0 Å². The summed E-state index contributed by atoms with van der Waals surface area (Å²) in [6.07, 6.45) is -1.42. The summed E-state index contributed by atoms with van der Waals surface area (Å²) in [7, 11) is -4.16. The summed E-state index contributed by atoms with van der Waals surface area (Å²) >= 11 is 1.48. The largest absolute Gasteiger partial charge is 0.573 e. The molecule has 0 saturated heterocycles. The van der Waals surface area contributed by atoms with Crippen molar-refractivity contribution < 1.29 is 30.7 Å². The first kappa shape index (κ1) is 19.5. The van der Waals surface area contributed by atoms with E-state index in [1.165, 1.54) is 23.5 Å². The number of hydrogen-bond donors (Lipinski definition) is 1. The number of ether oxygens (including phenoxy) is 1. The Labute approximate surface area is 157 Å². The Morgan fingerprint density at radius 3 is 2.59 bits per heavy atom. The molecule has 0 aliphatic carbocycles. The number of hydrogen-bond acceptors (Lipinski definition) is 5. The molecule has 0 atom stereocenters. The van der Waals surface area contributed by atoms with Crippen LogP contribution in [0.3, 0.4) is 0 Å². The van der Waals surface area contributed by atoms with Gasteiger partial charge in [-0.3, -0.25) is 0 Å². The maximum atomic E-state index is 12.5. The Balaban J connectivity index is 1.66. The monoisotopic (exact) mass is 417 g/mol. The summed E-state index contributed by atoms with van der Waals surface area (Å²) in [6, 6.07) is 10.2. The van der Waals surface area contributed by atoms with Crippen LogP contribution in [0, 0.1) is 0 Å². The van der Waals surface area contributed by atoms with E-state index < -0.39 is 27.0 Å². The highest BCUT2D eigenvalue weighted by Gasteiger charge is 2.33. The SMILES string of the molecule is O=S(=O)(NCCc1ccc(-c2ccoc2)s1)c1ccccc1OC(F)(F)F. The van der Waals surface area contributed by atoms with E-state index in [0.29, 0.717) is 6.42 Å². The molecule has 3 rings (SSSR count). The van der Waals surface area contributed by atoms with Gasteiger partial charge in [0.25, 0.3) is 0 Å². The van der Waals surface area contributed by atoms with Gasteiger partial charge in [0.2, 0.25) is 10.0 Å². The van der Waals surface area contributed by atoms with E-state index in [9.17, 15) is 21.6 Å². The topological polar surface area (TPSA) is 68.5 Å². The second kappa shape index (κ2) is 7.75. The maximum absolute atomic E-state index is 12.5. The third-order valence-electron chi connectivity index (χ3n) is 3.50. The van der Waals surface area contributed by atoms with Gasteiger partial charge in [-0.25, -0.2) is 13.1 Å². The van der Waals surface area contributed by atoms with Crippen LogP contribution < -0.4 is 9.46 Å². The summed E-state index contributed by atoms with van der Waals surface area (Å²) in [4.78, 5) is 1.34. The molecule has 2 aromatic heterocycles. The van der Waals surface area contributed by atoms with Gasteiger partial charge >= 0.3 is 6.36 Å². The van der Waals surface area contributed by atoms with Crippen molar-refractivity contribution in [1.82, 2.24) is 4.72 Å². The third kappa shape index (κ3) is 5.12. The minimum absolute atomic E-state index is 0.0357. The molecule has 1 aromatic carbocycles. The van der Waals surface area contributed by atoms with Crippen molar-refractivity contribution in [2.45, 2.75) is 17.7 Å². The third-order valence-corrected chi connectivity index (χ3v) is 6.19. The van der Waals surface area contributed by atoms with E-state index in [0.717, 1.165) is 27.5 Å². The molecule has 0 saturated carbocycles. The first-order valence-electron chi connectivity index (χ1n) is 7.70. The van der Waals surface area contributed by atoms with Crippen molar-refractivity contribution >= 4 is 21.4 Å². The summed E-state index contributed by atoms with van der Waals surface area (Å²) in [5, 5.41) is 0. The van der Waals surface area contributed by atoms with E-state index in [4.69, 9.17) is 4.42 Å². The molecule has 0 fully saturated rings. The Morgan fingerprint density at radius 2 is 1.89 bits per heavy atom. The molecule has 144 valence electrons. The lowest BCUT2D eigenvalue weighted by atomic mass is 10.3. The van der Waals surface area contributed by atoms with Crippen LogP contribution in [0.5, 0.6) is 5.75 Å². The fourth-order valence-electron chi connectivity index (χ4n) is 2.34. The van der Waals surface area contributed by atoms with E-state index >= 15 is 0 Å². The first-order valence-corrected chi connectivity index (χ1v) is 10.0. The molecule has 27 heavy (non-hydrogen) atoms. The average Bonchev–Trinajstić information content (AvgIpc) is 3.24. The van der Waals surface area contributed by atoms with E-state index in [-0.39, 0.29) is 6.54 Å². The molecule has 0 aliphatic rings. The van der Waals surface area contributed by atoms with Gasteiger partial charge < -0.3 is 9.15 Å². The summed E-state index contributed by atoms with van der Waals surface area (Å²) < 4.78 is 73.2. The molecular weight excluding hydrogens is 403 g/mol. The molecule has 0 unspecified atom stereocenters. The summed E-state index contributed by atoms with van der Waals surface area (Å²) in [5.41, 5.74) is 0.921. The van der Waals surface area contributed by atoms with Crippen molar-refractivity contribution in [3.8, 4) is 16.2 Å². The minimum Gasteiger partial charge on any atom is -0.472 e. The zero-order chi connectivity index (χ0) is 19.5. The highest BCUT2D eigenvalue weighted by Crippen LogP contribution is 2.30. The number of furan rings is 1. The Hall–Kier alpha value is -2.30. The molecular formula is C17H14F3NO4S2. The van der Waals surface area contributed by atoms with Crippen LogP contribution in [0.1, 0.15) is 4.88 Å². The standard InChI is InChI=1S/C17H14F3NO4S2/c18-17(19,20)25-14-3-1-2-4-16(14)27(22,23)21-9-7-13-5-6-15(26-13)12-8-10-24-11-12/h1-6,8,10-11,21H,7,9H2. The van der Waals surface area contributed by atoms with E-state index in [1.54, 1.807) is 12.5 Å². The zero-order valence-corrected chi connectivity index (χ0v) is 15.3. The van der Waals surface area contributed by atoms with Gasteiger partial charge in [-0.05, 0) is 36.8 Å². The maximum Gasteiger partial charge on any atom is 0.573 e. The average molecular weight is 417 g/mol. The van der Waals surface area contributed by atoms with Crippen LogP contribution in [0.25, 0.3) is 10.4 Å². The van der Waals surface area contributed by atoms with Crippen molar-refractivity contribution in [2.24, 2.45) is 0 Å².